The summed E-state index contributed by atoms with van der Waals surface area (Å²) in [6.07, 6.45) is 0. The van der Waals surface area contributed by atoms with Gasteiger partial charge in [0.25, 0.3) is 0 Å². The molecule has 1 aromatic carbocycles. The number of benzene rings is 1. The van der Waals surface area contributed by atoms with Crippen molar-refractivity contribution >= 4 is 18.3 Å². The molecule has 0 heterocycles. The van der Waals surface area contributed by atoms with Crippen LogP contribution in [0.1, 0.15) is 5.56 Å². The zero-order valence-corrected chi connectivity index (χ0v) is 7.14. The van der Waals surface area contributed by atoms with E-state index in [0.717, 1.165) is 12.1 Å². The Kier molecular flexibility index (Phi) is 2.32. The van der Waals surface area contributed by atoms with Gasteiger partial charge >= 0.3 is 5.69 Å². The molecule has 0 aliphatic rings. The molecule has 0 fully saturated rings. The summed E-state index contributed by atoms with van der Waals surface area (Å²) in [4.78, 5) is 9.89. The second-order valence-electron chi connectivity index (χ2n) is 2.35. The van der Waals surface area contributed by atoms with Gasteiger partial charge in [0.1, 0.15) is 0 Å². The van der Waals surface area contributed by atoms with E-state index in [-0.39, 0.29) is 0 Å². The Bertz CT molecular complexity index is 340. The Morgan fingerprint density at radius 3 is 2.67 bits per heavy atom. The molecule has 0 bridgehead atoms. The van der Waals surface area contributed by atoms with Crippen LogP contribution >= 0.6 is 12.6 Å². The van der Waals surface area contributed by atoms with Crippen LogP contribution in [0.3, 0.4) is 0 Å². The highest BCUT2D eigenvalue weighted by molar-refractivity contribution is 7.80. The summed E-state index contributed by atoms with van der Waals surface area (Å²) in [5.41, 5.74) is 0.0803. The van der Waals surface area contributed by atoms with E-state index in [1.165, 1.54) is 0 Å². The molecule has 0 aliphatic heterocycles. The molecular weight excluding hydrogens is 181 g/mol. The molecule has 12 heavy (non-hydrogen) atoms. The molecule has 5 heteroatoms. The van der Waals surface area contributed by atoms with E-state index in [9.17, 15) is 14.5 Å². The number of thiol groups is 1. The van der Waals surface area contributed by atoms with Crippen LogP contribution in [-0.2, 0) is 0 Å². The number of nitrogens with zero attached hydrogens (tertiary/aromatic N) is 1. The van der Waals surface area contributed by atoms with Crippen LogP contribution in [0.4, 0.5) is 10.1 Å². The van der Waals surface area contributed by atoms with E-state index in [1.807, 2.05) is 0 Å². The summed E-state index contributed by atoms with van der Waals surface area (Å²) in [5.74, 6) is -0.851. The second kappa shape index (κ2) is 3.10. The lowest BCUT2D eigenvalue weighted by atomic mass is 10.2. The maximum atomic E-state index is 12.8. The smallest absolute Gasteiger partial charge is 0.258 e. The van der Waals surface area contributed by atoms with Gasteiger partial charge in [-0.2, -0.15) is 4.39 Å². The van der Waals surface area contributed by atoms with Gasteiger partial charge in [0, 0.05) is 11.0 Å². The lowest BCUT2D eigenvalue weighted by Crippen LogP contribution is -1.93. The largest absolute Gasteiger partial charge is 0.305 e. The van der Waals surface area contributed by atoms with Gasteiger partial charge in [0.2, 0.25) is 5.82 Å². The highest BCUT2D eigenvalue weighted by Gasteiger charge is 2.14. The van der Waals surface area contributed by atoms with Gasteiger partial charge in [0.05, 0.1) is 4.92 Å². The summed E-state index contributed by atoms with van der Waals surface area (Å²) < 4.78 is 12.8. The van der Waals surface area contributed by atoms with E-state index in [1.54, 1.807) is 6.92 Å². The molecule has 0 saturated carbocycles. The lowest BCUT2D eigenvalue weighted by molar-refractivity contribution is -0.387. The van der Waals surface area contributed by atoms with Crippen LogP contribution in [0.2, 0.25) is 0 Å². The summed E-state index contributed by atoms with van der Waals surface area (Å²) in [7, 11) is 0. The molecular formula is C7H6FNO2S. The molecule has 1 rings (SSSR count). The van der Waals surface area contributed by atoms with Crippen LogP contribution in [-0.4, -0.2) is 4.92 Å². The Hall–Kier alpha value is -1.10. The average Bonchev–Trinajstić information content (AvgIpc) is 1.96. The molecule has 0 aliphatic carbocycles. The topological polar surface area (TPSA) is 43.1 Å². The van der Waals surface area contributed by atoms with E-state index in [0.29, 0.717) is 10.5 Å². The quantitative estimate of drug-likeness (QED) is 0.416. The molecule has 64 valence electrons. The molecule has 0 unspecified atom stereocenters. The fourth-order valence-corrected chi connectivity index (χ4v) is 0.974. The first-order chi connectivity index (χ1) is 5.52. The summed E-state index contributed by atoms with van der Waals surface area (Å²) in [6.45, 7) is 1.63. The van der Waals surface area contributed by atoms with E-state index in [2.05, 4.69) is 12.6 Å². The minimum atomic E-state index is -0.851. The third-order valence-electron chi connectivity index (χ3n) is 1.46. The van der Waals surface area contributed by atoms with Crippen LogP contribution in [0.15, 0.2) is 17.0 Å². The fourth-order valence-electron chi connectivity index (χ4n) is 0.796. The number of nitro benzene ring substituents is 1. The predicted molar refractivity (Wildman–Crippen MR) is 45.0 cm³/mol. The van der Waals surface area contributed by atoms with E-state index < -0.39 is 16.4 Å². The van der Waals surface area contributed by atoms with Crippen molar-refractivity contribution in [2.75, 3.05) is 0 Å². The summed E-state index contributed by atoms with van der Waals surface area (Å²) in [6, 6.07) is 2.20. The zero-order chi connectivity index (χ0) is 9.30. The number of hydrogen-bond donors (Lipinski definition) is 1. The standard InChI is InChI=1S/C7H6FNO2S/c1-4-2-6(9(10)11)5(8)3-7(4)12/h2-3,12H,1H3. The van der Waals surface area contributed by atoms with Gasteiger partial charge in [-0.1, -0.05) is 0 Å². The minimum Gasteiger partial charge on any atom is -0.258 e. The van der Waals surface area contributed by atoms with E-state index >= 15 is 0 Å². The molecule has 1 aromatic rings. The Morgan fingerprint density at radius 2 is 2.17 bits per heavy atom. The molecule has 0 atom stereocenters. The van der Waals surface area contributed by atoms with Crippen molar-refractivity contribution in [1.82, 2.24) is 0 Å². The average molecular weight is 187 g/mol. The first kappa shape index (κ1) is 8.99. The molecule has 0 amide bonds. The first-order valence-electron chi connectivity index (χ1n) is 3.16. The normalized spacial score (nSPS) is 9.92. The van der Waals surface area contributed by atoms with Gasteiger partial charge in [-0.15, -0.1) is 12.6 Å². The third kappa shape index (κ3) is 1.55. The van der Waals surface area contributed by atoms with Crippen molar-refractivity contribution in [3.05, 3.63) is 33.6 Å². The van der Waals surface area contributed by atoms with Gasteiger partial charge in [0.15, 0.2) is 0 Å². The highest BCUT2D eigenvalue weighted by Crippen LogP contribution is 2.23. The second-order valence-corrected chi connectivity index (χ2v) is 2.83. The molecule has 0 saturated heterocycles. The van der Waals surface area contributed by atoms with Crippen LogP contribution < -0.4 is 0 Å². The summed E-state index contributed by atoms with van der Waals surface area (Å²) >= 11 is 3.92. The maximum Gasteiger partial charge on any atom is 0.305 e. The first-order valence-corrected chi connectivity index (χ1v) is 3.60. The predicted octanol–water partition coefficient (Wildman–Crippen LogP) is 2.33. The Labute approximate surface area is 73.8 Å². The monoisotopic (exact) mass is 187 g/mol. The zero-order valence-electron chi connectivity index (χ0n) is 6.24. The number of halogens is 1. The van der Waals surface area contributed by atoms with Crippen LogP contribution in [0.25, 0.3) is 0 Å². The SMILES string of the molecule is Cc1cc([N+](=O)[O-])c(F)cc1S. The molecule has 0 aromatic heterocycles. The Morgan fingerprint density at radius 1 is 1.58 bits per heavy atom. The number of rotatable bonds is 1. The van der Waals surface area contributed by atoms with Crippen molar-refractivity contribution in [2.45, 2.75) is 11.8 Å². The van der Waals surface area contributed by atoms with Gasteiger partial charge < -0.3 is 0 Å². The van der Waals surface area contributed by atoms with Crippen molar-refractivity contribution in [1.29, 1.82) is 0 Å². The fraction of sp³-hybridized carbons (Fsp3) is 0.143. The number of nitro groups is 1. The van der Waals surface area contributed by atoms with Gasteiger partial charge in [-0.25, -0.2) is 0 Å². The van der Waals surface area contributed by atoms with Gasteiger partial charge in [-0.3, -0.25) is 10.1 Å². The van der Waals surface area contributed by atoms with Crippen LogP contribution in [0.5, 0.6) is 0 Å². The Balaban J connectivity index is 3.33. The van der Waals surface area contributed by atoms with Crippen molar-refractivity contribution in [3.63, 3.8) is 0 Å². The minimum absolute atomic E-state index is 0.415. The lowest BCUT2D eigenvalue weighted by Gasteiger charge is -1.98. The van der Waals surface area contributed by atoms with Crippen LogP contribution in [0, 0.1) is 22.9 Å². The van der Waals surface area contributed by atoms with Crippen molar-refractivity contribution in [3.8, 4) is 0 Å². The van der Waals surface area contributed by atoms with Crippen molar-refractivity contribution < 1.29 is 9.31 Å². The number of aryl methyl sites for hydroxylation is 1. The molecule has 0 N–H and O–H groups in total. The maximum absolute atomic E-state index is 12.8. The molecule has 3 nitrogen and oxygen atoms in total. The summed E-state index contributed by atoms with van der Waals surface area (Å²) in [5, 5.41) is 10.2. The third-order valence-corrected chi connectivity index (χ3v) is 1.94. The van der Waals surface area contributed by atoms with Crippen molar-refractivity contribution in [2.24, 2.45) is 0 Å². The number of hydrogen-bond acceptors (Lipinski definition) is 3. The van der Waals surface area contributed by atoms with Gasteiger partial charge in [-0.05, 0) is 18.6 Å². The van der Waals surface area contributed by atoms with E-state index in [4.69, 9.17) is 0 Å². The molecule has 0 radical (unpaired) electrons. The highest BCUT2D eigenvalue weighted by atomic mass is 32.1. The molecule has 0 spiro atoms.